The molecule has 0 aromatic heterocycles. The van der Waals surface area contributed by atoms with Gasteiger partial charge in [0.15, 0.2) is 0 Å². The zero-order valence-corrected chi connectivity index (χ0v) is 12.0. The highest BCUT2D eigenvalue weighted by molar-refractivity contribution is 5.76. The summed E-state index contributed by atoms with van der Waals surface area (Å²) in [6.07, 6.45) is 6.74. The highest BCUT2D eigenvalue weighted by Crippen LogP contribution is 2.13. The summed E-state index contributed by atoms with van der Waals surface area (Å²) in [4.78, 5) is 25.0. The van der Waals surface area contributed by atoms with Gasteiger partial charge in [-0.3, -0.25) is 9.59 Å². The van der Waals surface area contributed by atoms with Crippen molar-refractivity contribution in [1.29, 1.82) is 0 Å². The first-order chi connectivity index (χ1) is 9.13. The van der Waals surface area contributed by atoms with Crippen LogP contribution in [0, 0.1) is 0 Å². The highest BCUT2D eigenvalue weighted by Gasteiger charge is 2.23. The molecule has 1 fully saturated rings. The molecule has 3 N–H and O–H groups in total. The van der Waals surface area contributed by atoms with E-state index in [1.54, 1.807) is 0 Å². The molecule has 5 heteroatoms. The largest absolute Gasteiger partial charge is 0.352 e. The first-order valence-electron chi connectivity index (χ1n) is 7.38. The normalized spacial score (nSPS) is 19.3. The molecule has 19 heavy (non-hydrogen) atoms. The van der Waals surface area contributed by atoms with E-state index < -0.39 is 0 Å². The van der Waals surface area contributed by atoms with Gasteiger partial charge in [0.1, 0.15) is 0 Å². The molecule has 1 saturated heterocycles. The zero-order chi connectivity index (χ0) is 14.1. The fraction of sp³-hybridized carbons (Fsp3) is 0.857. The van der Waals surface area contributed by atoms with Crippen molar-refractivity contribution in [2.75, 3.05) is 19.6 Å². The number of hydrogen-bond donors (Lipinski definition) is 2. The maximum Gasteiger partial charge on any atom is 0.222 e. The van der Waals surface area contributed by atoms with E-state index in [1.807, 2.05) is 4.90 Å². The summed E-state index contributed by atoms with van der Waals surface area (Å²) < 4.78 is 0. The standard InChI is InChI=1S/C14H27N3O2/c1-12(18)16-13-7-6-10-17(11-13)14(19)8-4-2-3-5-9-15/h13H,2-11,15H2,1H3,(H,16,18). The van der Waals surface area contributed by atoms with Crippen molar-refractivity contribution in [3.63, 3.8) is 0 Å². The second-order valence-electron chi connectivity index (χ2n) is 5.33. The lowest BCUT2D eigenvalue weighted by molar-refractivity contribution is -0.133. The van der Waals surface area contributed by atoms with Gasteiger partial charge in [0.05, 0.1) is 0 Å². The maximum absolute atomic E-state index is 12.1. The number of nitrogens with zero attached hydrogens (tertiary/aromatic N) is 1. The fourth-order valence-corrected chi connectivity index (χ4v) is 2.54. The van der Waals surface area contributed by atoms with Gasteiger partial charge in [0.2, 0.25) is 11.8 Å². The first-order valence-corrected chi connectivity index (χ1v) is 7.38. The Kier molecular flexibility index (Phi) is 7.48. The zero-order valence-electron chi connectivity index (χ0n) is 12.0. The number of nitrogens with two attached hydrogens (primary N) is 1. The van der Waals surface area contributed by atoms with E-state index in [0.29, 0.717) is 13.0 Å². The monoisotopic (exact) mass is 269 g/mol. The molecular weight excluding hydrogens is 242 g/mol. The van der Waals surface area contributed by atoms with Crippen molar-refractivity contribution in [3.05, 3.63) is 0 Å². The minimum atomic E-state index is -0.0129. The van der Waals surface area contributed by atoms with Crippen LogP contribution in [-0.4, -0.2) is 42.4 Å². The summed E-state index contributed by atoms with van der Waals surface area (Å²) in [6.45, 7) is 3.76. The highest BCUT2D eigenvalue weighted by atomic mass is 16.2. The Hall–Kier alpha value is -1.10. The molecular formula is C14H27N3O2. The van der Waals surface area contributed by atoms with Crippen LogP contribution < -0.4 is 11.1 Å². The third-order valence-electron chi connectivity index (χ3n) is 3.53. The Balaban J connectivity index is 2.22. The number of unbranched alkanes of at least 4 members (excludes halogenated alkanes) is 3. The van der Waals surface area contributed by atoms with E-state index in [2.05, 4.69) is 5.32 Å². The van der Waals surface area contributed by atoms with Gasteiger partial charge in [-0.2, -0.15) is 0 Å². The quantitative estimate of drug-likeness (QED) is 0.678. The van der Waals surface area contributed by atoms with E-state index in [1.165, 1.54) is 6.92 Å². The van der Waals surface area contributed by atoms with Crippen molar-refractivity contribution in [2.45, 2.75) is 57.9 Å². The molecule has 1 heterocycles. The summed E-state index contributed by atoms with van der Waals surface area (Å²) in [6, 6.07) is 0.132. The van der Waals surface area contributed by atoms with Gasteiger partial charge < -0.3 is 16.0 Å². The van der Waals surface area contributed by atoms with Crippen LogP contribution in [0.15, 0.2) is 0 Å². The molecule has 1 atom stereocenters. The number of likely N-dealkylation sites (tertiary alicyclic amines) is 1. The van der Waals surface area contributed by atoms with Crippen molar-refractivity contribution in [2.24, 2.45) is 5.73 Å². The maximum atomic E-state index is 12.1. The van der Waals surface area contributed by atoms with E-state index >= 15 is 0 Å². The van der Waals surface area contributed by atoms with Gasteiger partial charge >= 0.3 is 0 Å². The Morgan fingerprint density at radius 1 is 1.26 bits per heavy atom. The lowest BCUT2D eigenvalue weighted by Gasteiger charge is -2.33. The lowest BCUT2D eigenvalue weighted by atomic mass is 10.0. The molecule has 0 aromatic carbocycles. The van der Waals surface area contributed by atoms with Crippen LogP contribution in [0.5, 0.6) is 0 Å². The molecule has 2 amide bonds. The molecule has 0 bridgehead atoms. The molecule has 1 aliphatic heterocycles. The van der Waals surface area contributed by atoms with Crippen LogP contribution >= 0.6 is 0 Å². The molecule has 1 unspecified atom stereocenters. The van der Waals surface area contributed by atoms with Crippen LogP contribution in [0.25, 0.3) is 0 Å². The average Bonchev–Trinajstić information content (AvgIpc) is 2.38. The number of nitrogens with one attached hydrogen (secondary N) is 1. The number of carbonyl (C=O) groups is 2. The number of rotatable bonds is 7. The molecule has 0 aliphatic carbocycles. The molecule has 0 aromatic rings. The van der Waals surface area contributed by atoms with E-state index in [4.69, 9.17) is 5.73 Å². The lowest BCUT2D eigenvalue weighted by Crippen LogP contribution is -2.49. The van der Waals surface area contributed by atoms with E-state index in [-0.39, 0.29) is 17.9 Å². The van der Waals surface area contributed by atoms with Crippen molar-refractivity contribution < 1.29 is 9.59 Å². The Labute approximate surface area is 115 Å². The predicted octanol–water partition coefficient (Wildman–Crippen LogP) is 1.02. The molecule has 0 radical (unpaired) electrons. The Bertz CT molecular complexity index is 294. The summed E-state index contributed by atoms with van der Waals surface area (Å²) in [5.41, 5.74) is 5.43. The second-order valence-corrected chi connectivity index (χ2v) is 5.33. The van der Waals surface area contributed by atoms with Gasteiger partial charge in [-0.25, -0.2) is 0 Å². The summed E-state index contributed by atoms with van der Waals surface area (Å²) in [7, 11) is 0. The third kappa shape index (κ3) is 6.57. The summed E-state index contributed by atoms with van der Waals surface area (Å²) >= 11 is 0. The van der Waals surface area contributed by atoms with Crippen LogP contribution in [0.1, 0.15) is 51.9 Å². The van der Waals surface area contributed by atoms with Gasteiger partial charge in [0, 0.05) is 32.5 Å². The summed E-state index contributed by atoms with van der Waals surface area (Å²) in [5.74, 6) is 0.212. The van der Waals surface area contributed by atoms with Crippen LogP contribution in [0.3, 0.4) is 0 Å². The molecule has 0 saturated carbocycles. The van der Waals surface area contributed by atoms with Gasteiger partial charge in [-0.1, -0.05) is 12.8 Å². The van der Waals surface area contributed by atoms with Gasteiger partial charge in [0.25, 0.3) is 0 Å². The minimum absolute atomic E-state index is 0.0129. The van der Waals surface area contributed by atoms with Crippen LogP contribution in [0.4, 0.5) is 0 Å². The van der Waals surface area contributed by atoms with Crippen LogP contribution in [0.2, 0.25) is 0 Å². The molecule has 5 nitrogen and oxygen atoms in total. The molecule has 1 rings (SSSR count). The Morgan fingerprint density at radius 3 is 2.68 bits per heavy atom. The fourth-order valence-electron chi connectivity index (χ4n) is 2.54. The SMILES string of the molecule is CC(=O)NC1CCCN(C(=O)CCCCCCN)C1. The number of amides is 2. The number of carbonyl (C=O) groups excluding carboxylic acids is 2. The molecule has 1 aliphatic rings. The first kappa shape index (κ1) is 16.0. The van der Waals surface area contributed by atoms with Gasteiger partial charge in [-0.05, 0) is 32.2 Å². The van der Waals surface area contributed by atoms with Crippen molar-refractivity contribution in [3.8, 4) is 0 Å². The number of piperidine rings is 1. The summed E-state index contributed by atoms with van der Waals surface area (Å²) in [5, 5.41) is 2.90. The average molecular weight is 269 g/mol. The minimum Gasteiger partial charge on any atom is -0.352 e. The molecule has 110 valence electrons. The van der Waals surface area contributed by atoms with Crippen molar-refractivity contribution >= 4 is 11.8 Å². The van der Waals surface area contributed by atoms with E-state index in [9.17, 15) is 9.59 Å². The van der Waals surface area contributed by atoms with Crippen LogP contribution in [-0.2, 0) is 9.59 Å². The smallest absolute Gasteiger partial charge is 0.222 e. The van der Waals surface area contributed by atoms with Gasteiger partial charge in [-0.15, -0.1) is 0 Å². The Morgan fingerprint density at radius 2 is 2.00 bits per heavy atom. The number of hydrogen-bond acceptors (Lipinski definition) is 3. The second kappa shape index (κ2) is 8.91. The molecule has 0 spiro atoms. The third-order valence-corrected chi connectivity index (χ3v) is 3.53. The topological polar surface area (TPSA) is 75.4 Å². The predicted molar refractivity (Wildman–Crippen MR) is 75.6 cm³/mol. The van der Waals surface area contributed by atoms with E-state index in [0.717, 1.165) is 51.6 Å². The van der Waals surface area contributed by atoms with Crippen molar-refractivity contribution in [1.82, 2.24) is 10.2 Å².